The number of aliphatic carboxylic acids is 1. The third-order valence-corrected chi connectivity index (χ3v) is 6.44. The van der Waals surface area contributed by atoms with Crippen LogP contribution in [0.3, 0.4) is 0 Å². The average Bonchev–Trinajstić information content (AvgIpc) is 3.12. The number of hydrogen-bond donors (Lipinski definition) is 3. The Hall–Kier alpha value is -0.910. The van der Waals surface area contributed by atoms with E-state index in [0.29, 0.717) is 13.1 Å². The molecule has 0 heterocycles. The van der Waals surface area contributed by atoms with Gasteiger partial charge in [-0.1, -0.05) is 19.3 Å². The monoisotopic (exact) mass is 314 g/mol. The maximum absolute atomic E-state index is 11.9. The van der Waals surface area contributed by atoms with E-state index in [0.717, 1.165) is 32.1 Å². The van der Waals surface area contributed by atoms with Crippen LogP contribution in [-0.2, 0) is 4.79 Å². The van der Waals surface area contributed by atoms with Crippen molar-refractivity contribution in [1.82, 2.24) is 10.6 Å². The van der Waals surface area contributed by atoms with Gasteiger partial charge >= 0.3 is 12.0 Å². The smallest absolute Gasteiger partial charge is 0.314 e. The second kappa shape index (κ2) is 7.38. The quantitative estimate of drug-likeness (QED) is 0.704. The van der Waals surface area contributed by atoms with Gasteiger partial charge in [-0.25, -0.2) is 4.79 Å². The Labute approximate surface area is 130 Å². The largest absolute Gasteiger partial charge is 0.481 e. The normalized spacial score (nSPS) is 27.5. The first kappa shape index (κ1) is 16.5. The third kappa shape index (κ3) is 4.28. The highest BCUT2D eigenvalue weighted by molar-refractivity contribution is 8.00. The highest BCUT2D eigenvalue weighted by Gasteiger charge is 2.34. The van der Waals surface area contributed by atoms with E-state index in [2.05, 4.69) is 16.9 Å². The molecule has 2 fully saturated rings. The van der Waals surface area contributed by atoms with Gasteiger partial charge in [0.2, 0.25) is 0 Å². The molecule has 5 nitrogen and oxygen atoms in total. The number of rotatable bonds is 6. The number of carbonyl (C=O) groups is 2. The molecule has 3 N–H and O–H groups in total. The zero-order chi connectivity index (χ0) is 15.3. The van der Waals surface area contributed by atoms with Gasteiger partial charge < -0.3 is 15.7 Å². The van der Waals surface area contributed by atoms with Crippen molar-refractivity contribution in [1.29, 1.82) is 0 Å². The molecular weight excluding hydrogens is 288 g/mol. The van der Waals surface area contributed by atoms with Crippen molar-refractivity contribution in [3.05, 3.63) is 0 Å². The second-order valence-corrected chi connectivity index (χ2v) is 7.57. The molecular formula is C15H26N2O3S. The standard InChI is InChI=1S/C15H26N2O3S/c1-21-15(7-2-3-8-15)10-17-14(20)16-9-11-5-4-6-12(11)13(18)19/h11-12H,2-10H2,1H3,(H,18,19)(H2,16,17,20). The van der Waals surface area contributed by atoms with Crippen LogP contribution in [0.1, 0.15) is 44.9 Å². The Bertz CT molecular complexity index is 383. The minimum Gasteiger partial charge on any atom is -0.481 e. The van der Waals surface area contributed by atoms with Crippen molar-refractivity contribution in [3.63, 3.8) is 0 Å². The predicted molar refractivity (Wildman–Crippen MR) is 84.6 cm³/mol. The van der Waals surface area contributed by atoms with E-state index >= 15 is 0 Å². The summed E-state index contributed by atoms with van der Waals surface area (Å²) in [7, 11) is 0. The maximum Gasteiger partial charge on any atom is 0.314 e. The molecule has 2 aliphatic carbocycles. The lowest BCUT2D eigenvalue weighted by atomic mass is 9.96. The molecule has 2 atom stereocenters. The molecule has 2 unspecified atom stereocenters. The van der Waals surface area contributed by atoms with E-state index in [1.54, 1.807) is 0 Å². The molecule has 0 saturated heterocycles. The lowest BCUT2D eigenvalue weighted by molar-refractivity contribution is -0.142. The third-order valence-electron chi connectivity index (χ3n) is 5.02. The summed E-state index contributed by atoms with van der Waals surface area (Å²) < 4.78 is 0.203. The van der Waals surface area contributed by atoms with Gasteiger partial charge in [0.1, 0.15) is 0 Å². The zero-order valence-electron chi connectivity index (χ0n) is 12.7. The van der Waals surface area contributed by atoms with Gasteiger partial charge in [0.25, 0.3) is 0 Å². The summed E-state index contributed by atoms with van der Waals surface area (Å²) in [6, 6.07) is -0.161. The van der Waals surface area contributed by atoms with E-state index < -0.39 is 5.97 Å². The van der Waals surface area contributed by atoms with Gasteiger partial charge in [0.05, 0.1) is 5.92 Å². The molecule has 0 aromatic heterocycles. The van der Waals surface area contributed by atoms with Crippen LogP contribution in [0.2, 0.25) is 0 Å². The Morgan fingerprint density at radius 1 is 1.19 bits per heavy atom. The van der Waals surface area contributed by atoms with Crippen molar-refractivity contribution < 1.29 is 14.7 Å². The predicted octanol–water partition coefficient (Wildman–Crippen LogP) is 2.46. The highest BCUT2D eigenvalue weighted by Crippen LogP contribution is 2.39. The Morgan fingerprint density at radius 2 is 1.90 bits per heavy atom. The minimum atomic E-state index is -0.730. The summed E-state index contributed by atoms with van der Waals surface area (Å²) in [6.07, 6.45) is 9.50. The number of hydrogen-bond acceptors (Lipinski definition) is 3. The van der Waals surface area contributed by atoms with Crippen LogP contribution in [0.25, 0.3) is 0 Å². The Balaban J connectivity index is 1.71. The van der Waals surface area contributed by atoms with Crippen LogP contribution in [0, 0.1) is 11.8 Å². The lowest BCUT2D eigenvalue weighted by Crippen LogP contribution is -2.45. The van der Waals surface area contributed by atoms with Crippen LogP contribution >= 0.6 is 11.8 Å². The number of carboxylic acid groups (broad SMARTS) is 1. The molecule has 0 radical (unpaired) electrons. The summed E-state index contributed by atoms with van der Waals surface area (Å²) in [4.78, 5) is 23.0. The van der Waals surface area contributed by atoms with Crippen molar-refractivity contribution >= 4 is 23.8 Å². The zero-order valence-corrected chi connectivity index (χ0v) is 13.5. The SMILES string of the molecule is CSC1(CNC(=O)NCC2CCCC2C(=O)O)CCCC1. The van der Waals surface area contributed by atoms with Gasteiger partial charge in [0, 0.05) is 17.8 Å². The van der Waals surface area contributed by atoms with Gasteiger partial charge in [-0.15, -0.1) is 0 Å². The molecule has 120 valence electrons. The first-order valence-corrected chi connectivity index (χ1v) is 9.08. The molecule has 2 amide bonds. The number of carboxylic acids is 1. The molecule has 2 saturated carbocycles. The van der Waals surface area contributed by atoms with Crippen LogP contribution in [0.4, 0.5) is 4.79 Å². The van der Waals surface area contributed by atoms with E-state index in [1.807, 2.05) is 11.8 Å². The molecule has 0 aliphatic heterocycles. The number of urea groups is 1. The van der Waals surface area contributed by atoms with Gasteiger partial charge in [-0.05, 0) is 37.9 Å². The van der Waals surface area contributed by atoms with Crippen molar-refractivity contribution in [2.45, 2.75) is 49.7 Å². The van der Waals surface area contributed by atoms with Crippen molar-refractivity contribution in [2.75, 3.05) is 19.3 Å². The number of thioether (sulfide) groups is 1. The minimum absolute atomic E-state index is 0.0780. The molecule has 6 heteroatoms. The van der Waals surface area contributed by atoms with Crippen LogP contribution in [0.5, 0.6) is 0 Å². The fourth-order valence-electron chi connectivity index (χ4n) is 3.61. The summed E-state index contributed by atoms with van der Waals surface area (Å²) in [6.45, 7) is 1.17. The van der Waals surface area contributed by atoms with E-state index in [1.165, 1.54) is 12.8 Å². The van der Waals surface area contributed by atoms with Crippen molar-refractivity contribution in [2.24, 2.45) is 11.8 Å². The molecule has 0 bridgehead atoms. The summed E-state index contributed by atoms with van der Waals surface area (Å²) in [5.41, 5.74) is 0. The van der Waals surface area contributed by atoms with Crippen LogP contribution in [-0.4, -0.2) is 41.2 Å². The van der Waals surface area contributed by atoms with Gasteiger partial charge in [-0.3, -0.25) is 4.79 Å². The van der Waals surface area contributed by atoms with Crippen LogP contribution < -0.4 is 10.6 Å². The first-order valence-electron chi connectivity index (χ1n) is 7.86. The molecule has 0 aromatic carbocycles. The molecule has 21 heavy (non-hydrogen) atoms. The van der Waals surface area contributed by atoms with Gasteiger partial charge in [-0.2, -0.15) is 11.8 Å². The van der Waals surface area contributed by atoms with Crippen molar-refractivity contribution in [3.8, 4) is 0 Å². The summed E-state index contributed by atoms with van der Waals surface area (Å²) in [5, 5.41) is 14.9. The maximum atomic E-state index is 11.9. The first-order chi connectivity index (χ1) is 10.1. The molecule has 0 spiro atoms. The number of carbonyl (C=O) groups excluding carboxylic acids is 1. The summed E-state index contributed by atoms with van der Waals surface area (Å²) in [5.74, 6) is -0.945. The fraction of sp³-hybridized carbons (Fsp3) is 0.867. The number of amides is 2. The van der Waals surface area contributed by atoms with E-state index in [9.17, 15) is 9.59 Å². The van der Waals surface area contributed by atoms with Gasteiger partial charge in [0.15, 0.2) is 0 Å². The molecule has 0 aromatic rings. The fourth-order valence-corrected chi connectivity index (χ4v) is 4.52. The molecule has 2 rings (SSSR count). The topological polar surface area (TPSA) is 78.4 Å². The van der Waals surface area contributed by atoms with Crippen LogP contribution in [0.15, 0.2) is 0 Å². The summed E-state index contributed by atoms with van der Waals surface area (Å²) >= 11 is 1.85. The number of nitrogens with one attached hydrogen (secondary N) is 2. The Morgan fingerprint density at radius 3 is 2.52 bits per heavy atom. The van der Waals surface area contributed by atoms with E-state index in [4.69, 9.17) is 5.11 Å². The average molecular weight is 314 g/mol. The second-order valence-electron chi connectivity index (χ2n) is 6.29. The lowest BCUT2D eigenvalue weighted by Gasteiger charge is -2.27. The highest BCUT2D eigenvalue weighted by atomic mass is 32.2. The Kier molecular flexibility index (Phi) is 5.79. The van der Waals surface area contributed by atoms with E-state index in [-0.39, 0.29) is 22.6 Å². The molecule has 2 aliphatic rings.